The Bertz CT molecular complexity index is 989. The number of Topliss-reactive ketones (excluding diaryl/α,β-unsaturated/α-hetero) is 1. The van der Waals surface area contributed by atoms with E-state index in [0.29, 0.717) is 12.0 Å². The van der Waals surface area contributed by atoms with Crippen molar-refractivity contribution in [1.82, 2.24) is 0 Å². The number of ether oxygens (including phenoxy) is 2. The molecule has 2 aromatic rings. The van der Waals surface area contributed by atoms with Gasteiger partial charge in [0.2, 0.25) is 0 Å². The predicted molar refractivity (Wildman–Crippen MR) is 116 cm³/mol. The molecule has 31 heavy (non-hydrogen) atoms. The molecular weight excluding hydrogens is 392 g/mol. The van der Waals surface area contributed by atoms with Crippen LogP contribution in [0.2, 0.25) is 0 Å². The van der Waals surface area contributed by atoms with Crippen LogP contribution in [0.15, 0.2) is 48.5 Å². The topological polar surface area (TPSA) is 69.7 Å². The minimum atomic E-state index is -1.39. The van der Waals surface area contributed by atoms with Crippen LogP contribution in [-0.4, -0.2) is 30.9 Å². The summed E-state index contributed by atoms with van der Waals surface area (Å²) in [6.07, 6.45) is 0.538. The van der Waals surface area contributed by atoms with Crippen LogP contribution < -0.4 is 0 Å². The fraction of sp³-hybridized carbons (Fsp3) is 0.423. The average molecular weight is 421 g/mol. The summed E-state index contributed by atoms with van der Waals surface area (Å²) >= 11 is 0. The molecule has 162 valence electrons. The Morgan fingerprint density at radius 2 is 1.55 bits per heavy atom. The Kier molecular flexibility index (Phi) is 5.69. The molecule has 2 aliphatic rings. The summed E-state index contributed by atoms with van der Waals surface area (Å²) in [6.45, 7) is 5.84. The fourth-order valence-corrected chi connectivity index (χ4v) is 5.38. The van der Waals surface area contributed by atoms with Crippen LogP contribution in [0.25, 0.3) is 0 Å². The predicted octanol–water partition coefficient (Wildman–Crippen LogP) is 4.58. The first-order valence-corrected chi connectivity index (χ1v) is 11.0. The van der Waals surface area contributed by atoms with E-state index in [4.69, 9.17) is 9.47 Å². The van der Waals surface area contributed by atoms with E-state index >= 15 is 0 Å². The highest BCUT2D eigenvalue weighted by Crippen LogP contribution is 2.59. The second kappa shape index (κ2) is 8.29. The number of carbonyl (C=O) groups excluding carboxylic acids is 3. The minimum absolute atomic E-state index is 0.0456. The highest BCUT2D eigenvalue weighted by molar-refractivity contribution is 6.05. The molecule has 0 N–H and O–H groups in total. The van der Waals surface area contributed by atoms with Crippen molar-refractivity contribution in [3.63, 3.8) is 0 Å². The number of rotatable bonds is 5. The molecule has 0 aliphatic heterocycles. The monoisotopic (exact) mass is 420 g/mol. The molecule has 0 aromatic heterocycles. The molecule has 2 aromatic carbocycles. The highest BCUT2D eigenvalue weighted by atomic mass is 16.6. The van der Waals surface area contributed by atoms with Gasteiger partial charge in [-0.1, -0.05) is 54.1 Å². The van der Waals surface area contributed by atoms with Gasteiger partial charge in [-0.15, -0.1) is 0 Å². The van der Waals surface area contributed by atoms with Crippen molar-refractivity contribution in [2.24, 2.45) is 11.3 Å². The Hall–Kier alpha value is -2.95. The average Bonchev–Trinajstić information content (AvgIpc) is 3.18. The lowest BCUT2D eigenvalue weighted by Gasteiger charge is -2.34. The zero-order valence-corrected chi connectivity index (χ0v) is 18.2. The van der Waals surface area contributed by atoms with E-state index in [0.717, 1.165) is 16.7 Å². The van der Waals surface area contributed by atoms with Crippen LogP contribution in [0.4, 0.5) is 0 Å². The Labute approximate surface area is 182 Å². The molecule has 2 aliphatic carbocycles. The van der Waals surface area contributed by atoms with Crippen LogP contribution in [0.5, 0.6) is 0 Å². The number of hydrogen-bond acceptors (Lipinski definition) is 5. The normalized spacial score (nSPS) is 23.6. The molecule has 5 nitrogen and oxygen atoms in total. The molecule has 0 bridgehead atoms. The lowest BCUT2D eigenvalue weighted by Crippen LogP contribution is -2.40. The Morgan fingerprint density at radius 1 is 0.935 bits per heavy atom. The molecule has 0 heterocycles. The van der Waals surface area contributed by atoms with Crippen molar-refractivity contribution < 1.29 is 23.9 Å². The SMILES string of the molecule is CCOC(=O)C1(C(=O)OCC)C[C@@H]2[C@H](C1)c1ccccc1C(=O)[C@H]2c1ccc(C)cc1. The summed E-state index contributed by atoms with van der Waals surface area (Å²) in [5.74, 6) is -1.74. The summed E-state index contributed by atoms with van der Waals surface area (Å²) in [5.41, 5.74) is 2.24. The molecule has 0 saturated heterocycles. The van der Waals surface area contributed by atoms with E-state index in [1.165, 1.54) is 0 Å². The van der Waals surface area contributed by atoms with Crippen LogP contribution in [0.1, 0.15) is 65.6 Å². The van der Waals surface area contributed by atoms with Gasteiger partial charge < -0.3 is 9.47 Å². The molecule has 1 saturated carbocycles. The van der Waals surface area contributed by atoms with Crippen LogP contribution in [0, 0.1) is 18.3 Å². The van der Waals surface area contributed by atoms with Crippen molar-refractivity contribution in [3.8, 4) is 0 Å². The number of esters is 2. The third-order valence-electron chi connectivity index (χ3n) is 6.77. The van der Waals surface area contributed by atoms with E-state index in [2.05, 4.69) is 0 Å². The van der Waals surface area contributed by atoms with Crippen LogP contribution in [0.3, 0.4) is 0 Å². The summed E-state index contributed by atoms with van der Waals surface area (Å²) in [5, 5.41) is 0. The molecule has 0 spiro atoms. The summed E-state index contributed by atoms with van der Waals surface area (Å²) in [6, 6.07) is 15.5. The quantitative estimate of drug-likeness (QED) is 0.523. The smallest absolute Gasteiger partial charge is 0.323 e. The summed E-state index contributed by atoms with van der Waals surface area (Å²) in [7, 11) is 0. The third kappa shape index (κ3) is 3.46. The molecule has 5 heteroatoms. The maximum atomic E-state index is 13.6. The zero-order valence-electron chi connectivity index (χ0n) is 18.2. The number of fused-ring (bicyclic) bond motifs is 3. The highest BCUT2D eigenvalue weighted by Gasteiger charge is 2.61. The summed E-state index contributed by atoms with van der Waals surface area (Å²) in [4.78, 5) is 39.8. The zero-order chi connectivity index (χ0) is 22.2. The molecule has 0 unspecified atom stereocenters. The number of ketones is 1. The van der Waals surface area contributed by atoms with Crippen molar-refractivity contribution in [2.75, 3.05) is 13.2 Å². The van der Waals surface area contributed by atoms with Gasteiger partial charge in [0.25, 0.3) is 0 Å². The van der Waals surface area contributed by atoms with Crippen molar-refractivity contribution >= 4 is 17.7 Å². The van der Waals surface area contributed by atoms with E-state index in [1.54, 1.807) is 13.8 Å². The minimum Gasteiger partial charge on any atom is -0.465 e. The van der Waals surface area contributed by atoms with Gasteiger partial charge in [0.15, 0.2) is 11.2 Å². The fourth-order valence-electron chi connectivity index (χ4n) is 5.38. The van der Waals surface area contributed by atoms with E-state index in [-0.39, 0.29) is 37.3 Å². The number of carbonyl (C=O) groups is 3. The lowest BCUT2D eigenvalue weighted by atomic mass is 9.67. The van der Waals surface area contributed by atoms with Gasteiger partial charge in [-0.2, -0.15) is 0 Å². The molecule has 3 atom stereocenters. The largest absolute Gasteiger partial charge is 0.465 e. The van der Waals surface area contributed by atoms with Crippen molar-refractivity contribution in [1.29, 1.82) is 0 Å². The molecular formula is C26H28O5. The molecule has 0 radical (unpaired) electrons. The van der Waals surface area contributed by atoms with Gasteiger partial charge in [0, 0.05) is 5.56 Å². The van der Waals surface area contributed by atoms with E-state index in [9.17, 15) is 14.4 Å². The van der Waals surface area contributed by atoms with Gasteiger partial charge in [0.1, 0.15) is 0 Å². The van der Waals surface area contributed by atoms with Gasteiger partial charge in [-0.25, -0.2) is 0 Å². The van der Waals surface area contributed by atoms with Gasteiger partial charge in [0.05, 0.1) is 19.1 Å². The first kappa shape index (κ1) is 21.3. The second-order valence-electron chi connectivity index (χ2n) is 8.54. The summed E-state index contributed by atoms with van der Waals surface area (Å²) < 4.78 is 10.7. The number of hydrogen-bond donors (Lipinski definition) is 0. The molecule has 0 amide bonds. The number of aryl methyl sites for hydroxylation is 1. The van der Waals surface area contributed by atoms with Gasteiger partial charge >= 0.3 is 11.9 Å². The van der Waals surface area contributed by atoms with E-state index in [1.807, 2.05) is 55.5 Å². The maximum Gasteiger partial charge on any atom is 0.323 e. The van der Waals surface area contributed by atoms with Gasteiger partial charge in [-0.05, 0) is 56.6 Å². The number of benzene rings is 2. The molecule has 4 rings (SSSR count). The second-order valence-corrected chi connectivity index (χ2v) is 8.54. The Morgan fingerprint density at radius 3 is 2.16 bits per heavy atom. The lowest BCUT2D eigenvalue weighted by molar-refractivity contribution is -0.172. The van der Waals surface area contributed by atoms with Crippen LogP contribution >= 0.6 is 0 Å². The first-order valence-electron chi connectivity index (χ1n) is 11.0. The van der Waals surface area contributed by atoms with Gasteiger partial charge in [-0.3, -0.25) is 14.4 Å². The Balaban J connectivity index is 1.85. The van der Waals surface area contributed by atoms with Crippen molar-refractivity contribution in [3.05, 3.63) is 70.8 Å². The molecule has 1 fully saturated rings. The van der Waals surface area contributed by atoms with Crippen LogP contribution in [-0.2, 0) is 19.1 Å². The van der Waals surface area contributed by atoms with E-state index < -0.39 is 23.3 Å². The first-order chi connectivity index (χ1) is 14.9. The van der Waals surface area contributed by atoms with Crippen molar-refractivity contribution in [2.45, 2.75) is 45.4 Å². The maximum absolute atomic E-state index is 13.6. The third-order valence-corrected chi connectivity index (χ3v) is 6.77. The standard InChI is InChI=1S/C26H28O5/c1-4-30-24(28)26(25(29)31-5-2)14-20-18-8-6-7-9-19(18)23(27)22(21(20)15-26)17-12-10-16(3)11-13-17/h6-13,20-22H,4-5,14-15H2,1-3H3/t20-,21-,22+/m1/s1.